The zero-order chi connectivity index (χ0) is 16.7. The van der Waals surface area contributed by atoms with E-state index in [2.05, 4.69) is 10.1 Å². The highest BCUT2D eigenvalue weighted by Gasteiger charge is 2.46. The lowest BCUT2D eigenvalue weighted by Gasteiger charge is -2.15. The number of aliphatic carboxylic acids is 1. The second-order valence-electron chi connectivity index (χ2n) is 7.42. The van der Waals surface area contributed by atoms with Crippen LogP contribution in [0.1, 0.15) is 56.2 Å². The molecule has 2 saturated carbocycles. The lowest BCUT2D eigenvalue weighted by atomic mass is 9.92. The highest BCUT2D eigenvalue weighted by molar-refractivity contribution is 5.79. The molecule has 130 valence electrons. The minimum atomic E-state index is -0.763. The summed E-state index contributed by atoms with van der Waals surface area (Å²) >= 11 is 0. The Balaban J connectivity index is 1.25. The predicted molar refractivity (Wildman–Crippen MR) is 83.1 cm³/mol. The van der Waals surface area contributed by atoms with Crippen molar-refractivity contribution >= 4 is 11.9 Å². The number of aryl methyl sites for hydroxylation is 1. The van der Waals surface area contributed by atoms with Crippen LogP contribution in [0.15, 0.2) is 4.52 Å². The molecule has 7 nitrogen and oxygen atoms in total. The maximum Gasteiger partial charge on any atom is 0.308 e. The molecule has 2 heterocycles. The summed E-state index contributed by atoms with van der Waals surface area (Å²) in [6.07, 6.45) is 6.17. The van der Waals surface area contributed by atoms with Crippen molar-refractivity contribution in [3.8, 4) is 0 Å². The molecule has 4 rings (SSSR count). The highest BCUT2D eigenvalue weighted by atomic mass is 16.5. The van der Waals surface area contributed by atoms with Gasteiger partial charge in [0.1, 0.15) is 0 Å². The van der Waals surface area contributed by atoms with Gasteiger partial charge < -0.3 is 14.5 Å². The van der Waals surface area contributed by atoms with Gasteiger partial charge in [0.05, 0.1) is 5.92 Å². The van der Waals surface area contributed by atoms with Crippen LogP contribution in [-0.2, 0) is 16.0 Å². The first-order chi connectivity index (χ1) is 11.6. The van der Waals surface area contributed by atoms with E-state index in [9.17, 15) is 14.7 Å². The second-order valence-corrected chi connectivity index (χ2v) is 7.42. The van der Waals surface area contributed by atoms with Gasteiger partial charge in [-0.1, -0.05) is 5.16 Å². The Labute approximate surface area is 140 Å². The Morgan fingerprint density at radius 2 is 2.00 bits per heavy atom. The van der Waals surface area contributed by atoms with Gasteiger partial charge in [0.25, 0.3) is 0 Å². The number of rotatable bonds is 7. The van der Waals surface area contributed by atoms with Gasteiger partial charge in [-0.15, -0.1) is 0 Å². The molecule has 3 aliphatic rings. The predicted octanol–water partition coefficient (Wildman–Crippen LogP) is 1.84. The van der Waals surface area contributed by atoms with Gasteiger partial charge in [0, 0.05) is 31.8 Å². The van der Waals surface area contributed by atoms with Gasteiger partial charge >= 0.3 is 5.97 Å². The van der Waals surface area contributed by atoms with Gasteiger partial charge in [-0.05, 0) is 43.9 Å². The molecule has 0 bridgehead atoms. The molecule has 0 spiro atoms. The van der Waals surface area contributed by atoms with Crippen molar-refractivity contribution in [3.63, 3.8) is 0 Å². The van der Waals surface area contributed by atoms with Crippen molar-refractivity contribution in [2.75, 3.05) is 13.1 Å². The second kappa shape index (κ2) is 6.18. The summed E-state index contributed by atoms with van der Waals surface area (Å²) in [6.45, 7) is 0.967. The van der Waals surface area contributed by atoms with Crippen LogP contribution in [0.2, 0.25) is 0 Å². The van der Waals surface area contributed by atoms with Crippen molar-refractivity contribution in [1.29, 1.82) is 0 Å². The third kappa shape index (κ3) is 3.30. The van der Waals surface area contributed by atoms with Crippen LogP contribution in [0, 0.1) is 17.8 Å². The molecule has 2 atom stereocenters. The molecule has 3 fully saturated rings. The molecule has 1 amide bonds. The van der Waals surface area contributed by atoms with Crippen molar-refractivity contribution in [3.05, 3.63) is 11.7 Å². The fraction of sp³-hybridized carbons (Fsp3) is 0.765. The Hall–Kier alpha value is -1.92. The summed E-state index contributed by atoms with van der Waals surface area (Å²) in [7, 11) is 0. The average Bonchev–Trinajstić information content (AvgIpc) is 3.49. The summed E-state index contributed by atoms with van der Waals surface area (Å²) in [6, 6.07) is 0. The summed E-state index contributed by atoms with van der Waals surface area (Å²) in [5, 5.41) is 13.3. The van der Waals surface area contributed by atoms with Crippen LogP contribution in [0.4, 0.5) is 0 Å². The fourth-order valence-corrected chi connectivity index (χ4v) is 3.72. The number of nitrogens with zero attached hydrogens (tertiary/aromatic N) is 3. The maximum atomic E-state index is 12.4. The molecule has 2 aliphatic carbocycles. The molecule has 1 aromatic heterocycles. The third-order valence-electron chi connectivity index (χ3n) is 5.47. The quantitative estimate of drug-likeness (QED) is 0.818. The number of aromatic nitrogens is 2. The molecule has 24 heavy (non-hydrogen) atoms. The lowest BCUT2D eigenvalue weighted by molar-refractivity contribution is -0.142. The van der Waals surface area contributed by atoms with Gasteiger partial charge in [-0.2, -0.15) is 4.98 Å². The zero-order valence-electron chi connectivity index (χ0n) is 13.7. The van der Waals surface area contributed by atoms with E-state index in [1.807, 2.05) is 0 Å². The molecular formula is C17H23N3O4. The third-order valence-corrected chi connectivity index (χ3v) is 5.47. The van der Waals surface area contributed by atoms with Crippen LogP contribution < -0.4 is 0 Å². The Kier molecular flexibility index (Phi) is 4.02. The summed E-state index contributed by atoms with van der Waals surface area (Å²) in [4.78, 5) is 29.9. The summed E-state index contributed by atoms with van der Waals surface area (Å²) in [5.74, 6) is 1.41. The molecule has 1 aromatic rings. The number of likely N-dealkylation sites (tertiary alicyclic amines) is 1. The monoisotopic (exact) mass is 333 g/mol. The molecule has 1 aliphatic heterocycles. The summed E-state index contributed by atoms with van der Waals surface area (Å²) in [5.41, 5.74) is 0. The van der Waals surface area contributed by atoms with Gasteiger partial charge in [-0.3, -0.25) is 9.59 Å². The van der Waals surface area contributed by atoms with E-state index in [1.54, 1.807) is 4.90 Å². The van der Waals surface area contributed by atoms with E-state index in [4.69, 9.17) is 4.52 Å². The fourth-order valence-electron chi connectivity index (χ4n) is 3.72. The number of carbonyl (C=O) groups is 2. The van der Waals surface area contributed by atoms with Crippen LogP contribution in [0.5, 0.6) is 0 Å². The van der Waals surface area contributed by atoms with Crippen LogP contribution in [0.3, 0.4) is 0 Å². The van der Waals surface area contributed by atoms with Gasteiger partial charge in [-0.25, -0.2) is 0 Å². The van der Waals surface area contributed by atoms with Gasteiger partial charge in [0.2, 0.25) is 11.8 Å². The molecule has 7 heteroatoms. The van der Waals surface area contributed by atoms with Crippen molar-refractivity contribution < 1.29 is 19.2 Å². The van der Waals surface area contributed by atoms with E-state index in [1.165, 1.54) is 0 Å². The first kappa shape index (κ1) is 15.6. The minimum Gasteiger partial charge on any atom is -0.481 e. The van der Waals surface area contributed by atoms with Crippen LogP contribution in [-0.4, -0.2) is 45.1 Å². The minimum absolute atomic E-state index is 0.0475. The highest BCUT2D eigenvalue weighted by Crippen LogP contribution is 2.44. The van der Waals surface area contributed by atoms with E-state index < -0.39 is 11.9 Å². The van der Waals surface area contributed by atoms with Crippen molar-refractivity contribution in [2.24, 2.45) is 17.8 Å². The largest absolute Gasteiger partial charge is 0.481 e. The van der Waals surface area contributed by atoms with E-state index in [-0.39, 0.29) is 11.8 Å². The smallest absolute Gasteiger partial charge is 0.308 e. The zero-order valence-corrected chi connectivity index (χ0v) is 13.7. The molecule has 1 saturated heterocycles. The topological polar surface area (TPSA) is 96.5 Å². The maximum absolute atomic E-state index is 12.4. The molecule has 0 unspecified atom stereocenters. The molecule has 0 radical (unpaired) electrons. The Bertz CT molecular complexity index is 636. The first-order valence-corrected chi connectivity index (χ1v) is 8.95. The first-order valence-electron chi connectivity index (χ1n) is 8.95. The normalized spacial score (nSPS) is 26.8. The van der Waals surface area contributed by atoms with E-state index in [0.717, 1.165) is 31.5 Å². The number of carboxylic acid groups (broad SMARTS) is 1. The SMILES string of the molecule is O=C(O)[C@H]1CN(C(=O)CCCc2nc(C3CC3)no2)C[C@@H]1C1CC1. The number of hydrogen-bond acceptors (Lipinski definition) is 5. The van der Waals surface area contributed by atoms with E-state index >= 15 is 0 Å². The molecule has 0 aromatic carbocycles. The number of hydrogen-bond donors (Lipinski definition) is 1. The van der Waals surface area contributed by atoms with Crippen molar-refractivity contribution in [1.82, 2.24) is 15.0 Å². The molecular weight excluding hydrogens is 310 g/mol. The van der Waals surface area contributed by atoms with Gasteiger partial charge in [0.15, 0.2) is 5.82 Å². The average molecular weight is 333 g/mol. The number of carboxylic acids is 1. The van der Waals surface area contributed by atoms with E-state index in [0.29, 0.717) is 50.1 Å². The molecule has 1 N–H and O–H groups in total. The summed E-state index contributed by atoms with van der Waals surface area (Å²) < 4.78 is 5.21. The Morgan fingerprint density at radius 1 is 1.21 bits per heavy atom. The standard InChI is InChI=1S/C17H23N3O4/c21-15(3-1-2-14-18-16(19-24-14)11-6-7-11)20-8-12(10-4-5-10)13(9-20)17(22)23/h10-13H,1-9H2,(H,22,23)/t12-,13+/m1/s1. The lowest BCUT2D eigenvalue weighted by Crippen LogP contribution is -2.29. The number of amides is 1. The van der Waals surface area contributed by atoms with Crippen molar-refractivity contribution in [2.45, 2.75) is 50.9 Å². The van der Waals surface area contributed by atoms with Crippen LogP contribution >= 0.6 is 0 Å². The Morgan fingerprint density at radius 3 is 2.67 bits per heavy atom. The number of carbonyl (C=O) groups excluding carboxylic acids is 1. The van der Waals surface area contributed by atoms with Crippen LogP contribution in [0.25, 0.3) is 0 Å².